The van der Waals surface area contributed by atoms with E-state index in [1.54, 1.807) is 23.2 Å². The Morgan fingerprint density at radius 1 is 0.857 bits per heavy atom. The Kier molecular flexibility index (Phi) is 6.26. The van der Waals surface area contributed by atoms with Crippen LogP contribution >= 0.6 is 0 Å². The largest absolute Gasteiger partial charge is 0.368 e. The summed E-state index contributed by atoms with van der Waals surface area (Å²) in [4.78, 5) is 47.2. The molecule has 3 heterocycles. The van der Waals surface area contributed by atoms with Gasteiger partial charge in [-0.25, -0.2) is 4.98 Å². The van der Waals surface area contributed by atoms with E-state index in [0.29, 0.717) is 18.7 Å². The smallest absolute Gasteiger partial charge is 0.281 e. The fourth-order valence-corrected chi connectivity index (χ4v) is 4.31. The maximum absolute atomic E-state index is 13.3. The summed E-state index contributed by atoms with van der Waals surface area (Å²) in [5.41, 5.74) is 2.26. The van der Waals surface area contributed by atoms with Gasteiger partial charge >= 0.3 is 0 Å². The summed E-state index contributed by atoms with van der Waals surface area (Å²) >= 11 is 0. The Hall–Kier alpha value is -4.46. The summed E-state index contributed by atoms with van der Waals surface area (Å²) in [6.07, 6.45) is 3.03. The number of hydrogen-bond acceptors (Lipinski definition) is 5. The molecule has 2 aromatic carbocycles. The Bertz CT molecular complexity index is 1410. The Morgan fingerprint density at radius 3 is 2.26 bits per heavy atom. The molecule has 0 atom stereocenters. The highest BCUT2D eigenvalue weighted by molar-refractivity contribution is 6.00. The molecular weight excluding hydrogens is 442 g/mol. The van der Waals surface area contributed by atoms with Crippen molar-refractivity contribution < 1.29 is 9.59 Å². The minimum Gasteiger partial charge on any atom is -0.368 e. The first-order valence-corrected chi connectivity index (χ1v) is 11.5. The van der Waals surface area contributed by atoms with E-state index in [1.165, 1.54) is 10.6 Å². The molecule has 35 heavy (non-hydrogen) atoms. The number of amides is 2. The minimum atomic E-state index is -0.431. The van der Waals surface area contributed by atoms with Crippen LogP contribution in [0.5, 0.6) is 0 Å². The summed E-state index contributed by atoms with van der Waals surface area (Å²) in [5, 5.41) is 2.65. The zero-order valence-corrected chi connectivity index (χ0v) is 19.1. The van der Waals surface area contributed by atoms with Crippen molar-refractivity contribution in [2.45, 2.75) is 6.42 Å². The number of hydrogen-bond donors (Lipinski definition) is 1. The number of nitrogens with one attached hydrogen (secondary N) is 1. The Balaban J connectivity index is 1.32. The monoisotopic (exact) mass is 467 g/mol. The van der Waals surface area contributed by atoms with Gasteiger partial charge in [0.05, 0.1) is 18.2 Å². The molecule has 2 amide bonds. The molecule has 0 spiro atoms. The van der Waals surface area contributed by atoms with Gasteiger partial charge < -0.3 is 15.1 Å². The predicted octanol–water partition coefficient (Wildman–Crippen LogP) is 2.84. The molecule has 1 fully saturated rings. The SMILES string of the molecule is O=C(Cc1ccccc1)Nc1cnc2c(C(=O)N3CCN(c4ccccc4)CC3)cccn2c1=O. The first-order chi connectivity index (χ1) is 17.1. The number of aromatic nitrogens is 2. The third-order valence-corrected chi connectivity index (χ3v) is 6.13. The number of para-hydroxylation sites is 1. The van der Waals surface area contributed by atoms with Crippen molar-refractivity contribution in [1.29, 1.82) is 0 Å². The van der Waals surface area contributed by atoms with Crippen LogP contribution in [0.4, 0.5) is 11.4 Å². The van der Waals surface area contributed by atoms with Gasteiger partial charge in [0, 0.05) is 38.1 Å². The fraction of sp³-hybridized carbons (Fsp3) is 0.185. The van der Waals surface area contributed by atoms with Crippen molar-refractivity contribution in [2.24, 2.45) is 0 Å². The van der Waals surface area contributed by atoms with Crippen LogP contribution in [0, 0.1) is 0 Å². The summed E-state index contributed by atoms with van der Waals surface area (Å²) in [7, 11) is 0. The lowest BCUT2D eigenvalue weighted by Gasteiger charge is -2.36. The molecule has 0 aliphatic carbocycles. The average Bonchev–Trinajstić information content (AvgIpc) is 2.91. The molecule has 1 aliphatic heterocycles. The third-order valence-electron chi connectivity index (χ3n) is 6.13. The van der Waals surface area contributed by atoms with Crippen LogP contribution in [0.2, 0.25) is 0 Å². The number of fused-ring (bicyclic) bond motifs is 1. The topological polar surface area (TPSA) is 87.0 Å². The first-order valence-electron chi connectivity index (χ1n) is 11.5. The molecule has 0 saturated carbocycles. The number of anilines is 2. The van der Waals surface area contributed by atoms with E-state index in [0.717, 1.165) is 24.3 Å². The summed E-state index contributed by atoms with van der Waals surface area (Å²) in [5.74, 6) is -0.470. The van der Waals surface area contributed by atoms with Crippen molar-refractivity contribution in [1.82, 2.24) is 14.3 Å². The second-order valence-electron chi connectivity index (χ2n) is 8.42. The van der Waals surface area contributed by atoms with Crippen molar-refractivity contribution in [3.8, 4) is 0 Å². The third kappa shape index (κ3) is 4.77. The maximum atomic E-state index is 13.3. The van der Waals surface area contributed by atoms with Crippen molar-refractivity contribution in [3.05, 3.63) is 107 Å². The van der Waals surface area contributed by atoms with Crippen LogP contribution < -0.4 is 15.8 Å². The summed E-state index contributed by atoms with van der Waals surface area (Å²) < 4.78 is 1.31. The van der Waals surface area contributed by atoms with Gasteiger partial charge in [0.1, 0.15) is 5.69 Å². The zero-order valence-electron chi connectivity index (χ0n) is 19.1. The lowest BCUT2D eigenvalue weighted by atomic mass is 10.1. The summed E-state index contributed by atoms with van der Waals surface area (Å²) in [6.45, 7) is 2.61. The minimum absolute atomic E-state index is 0.0736. The molecule has 8 heteroatoms. The van der Waals surface area contributed by atoms with Gasteiger partial charge in [0.15, 0.2) is 5.65 Å². The molecule has 176 valence electrons. The molecule has 4 aromatic rings. The molecule has 0 radical (unpaired) electrons. The lowest BCUT2D eigenvalue weighted by molar-refractivity contribution is -0.115. The van der Waals surface area contributed by atoms with Crippen LogP contribution in [-0.4, -0.2) is 52.3 Å². The number of carbonyl (C=O) groups is 2. The zero-order chi connectivity index (χ0) is 24.2. The molecular formula is C27H25N5O3. The number of carbonyl (C=O) groups excluding carboxylic acids is 2. The molecule has 0 bridgehead atoms. The number of nitrogens with zero attached hydrogens (tertiary/aromatic N) is 4. The highest BCUT2D eigenvalue weighted by Gasteiger charge is 2.24. The van der Waals surface area contributed by atoms with Gasteiger partial charge in [0.2, 0.25) is 5.91 Å². The van der Waals surface area contributed by atoms with Gasteiger partial charge in [-0.15, -0.1) is 0 Å². The maximum Gasteiger partial charge on any atom is 0.281 e. The van der Waals surface area contributed by atoms with E-state index >= 15 is 0 Å². The number of benzene rings is 2. The van der Waals surface area contributed by atoms with E-state index in [1.807, 2.05) is 48.5 Å². The van der Waals surface area contributed by atoms with E-state index < -0.39 is 5.56 Å². The highest BCUT2D eigenvalue weighted by Crippen LogP contribution is 2.18. The van der Waals surface area contributed by atoms with Gasteiger partial charge in [-0.2, -0.15) is 0 Å². The Labute approximate surface area is 202 Å². The van der Waals surface area contributed by atoms with Crippen LogP contribution in [-0.2, 0) is 11.2 Å². The molecule has 0 unspecified atom stereocenters. The fourth-order valence-electron chi connectivity index (χ4n) is 4.31. The second kappa shape index (κ2) is 9.80. The van der Waals surface area contributed by atoms with E-state index in [-0.39, 0.29) is 29.6 Å². The van der Waals surface area contributed by atoms with Crippen LogP contribution in [0.15, 0.2) is 90.0 Å². The number of piperazine rings is 1. The molecule has 5 rings (SSSR count). The van der Waals surface area contributed by atoms with Gasteiger partial charge in [0.25, 0.3) is 11.5 Å². The van der Waals surface area contributed by atoms with Crippen LogP contribution in [0.1, 0.15) is 15.9 Å². The van der Waals surface area contributed by atoms with Crippen LogP contribution in [0.25, 0.3) is 5.65 Å². The molecule has 1 aliphatic rings. The van der Waals surface area contributed by atoms with Crippen molar-refractivity contribution >= 4 is 28.8 Å². The molecule has 1 N–H and O–H groups in total. The standard InChI is InChI=1S/C27H25N5O3/c33-24(18-20-8-3-1-4-9-20)29-23-19-28-25-22(12-7-13-32(25)27(23)35)26(34)31-16-14-30(15-17-31)21-10-5-2-6-11-21/h1-13,19H,14-18H2,(H,29,33). The molecule has 2 aromatic heterocycles. The molecule has 8 nitrogen and oxygen atoms in total. The second-order valence-corrected chi connectivity index (χ2v) is 8.42. The quantitative estimate of drug-likeness (QED) is 0.488. The number of rotatable bonds is 5. The normalized spacial score (nSPS) is 13.6. The highest BCUT2D eigenvalue weighted by atomic mass is 16.2. The summed E-state index contributed by atoms with van der Waals surface area (Å²) in [6, 6.07) is 22.7. The number of pyridine rings is 1. The van der Waals surface area contributed by atoms with Gasteiger partial charge in [-0.1, -0.05) is 48.5 Å². The Morgan fingerprint density at radius 2 is 1.54 bits per heavy atom. The predicted molar refractivity (Wildman–Crippen MR) is 135 cm³/mol. The van der Waals surface area contributed by atoms with E-state index in [4.69, 9.17) is 0 Å². The van der Waals surface area contributed by atoms with Crippen molar-refractivity contribution in [2.75, 3.05) is 36.4 Å². The van der Waals surface area contributed by atoms with Gasteiger partial charge in [-0.3, -0.25) is 18.8 Å². The van der Waals surface area contributed by atoms with E-state index in [2.05, 4.69) is 27.3 Å². The average molecular weight is 468 g/mol. The van der Waals surface area contributed by atoms with Crippen LogP contribution in [0.3, 0.4) is 0 Å². The van der Waals surface area contributed by atoms with Gasteiger partial charge in [-0.05, 0) is 29.8 Å². The van der Waals surface area contributed by atoms with Crippen molar-refractivity contribution in [3.63, 3.8) is 0 Å². The van der Waals surface area contributed by atoms with E-state index in [9.17, 15) is 14.4 Å². The lowest BCUT2D eigenvalue weighted by Crippen LogP contribution is -2.49. The molecule has 1 saturated heterocycles. The first kappa shape index (κ1) is 22.3.